The Morgan fingerprint density at radius 1 is 1.64 bits per heavy atom. The van der Waals surface area contributed by atoms with E-state index >= 15 is 0 Å². The standard InChI is InChI=1S/C6H9N3O4S/c1-13-4-6(10)5-3-7-8-9(5)14(2,11)12/h3H,4H2,1-2H3. The molecule has 78 valence electrons. The molecule has 8 heteroatoms. The van der Waals surface area contributed by atoms with Gasteiger partial charge in [0.2, 0.25) is 5.78 Å². The number of carbonyl (C=O) groups excluding carboxylic acids is 1. The molecule has 0 radical (unpaired) electrons. The van der Waals surface area contributed by atoms with E-state index in [0.717, 1.165) is 12.5 Å². The number of ketones is 1. The third-order valence-corrected chi connectivity index (χ3v) is 2.29. The fourth-order valence-electron chi connectivity index (χ4n) is 0.854. The van der Waals surface area contributed by atoms with Crippen LogP contribution >= 0.6 is 0 Å². The van der Waals surface area contributed by atoms with E-state index < -0.39 is 15.8 Å². The Bertz CT molecular complexity index is 436. The molecule has 0 saturated carbocycles. The Morgan fingerprint density at radius 3 is 2.79 bits per heavy atom. The van der Waals surface area contributed by atoms with Crippen molar-refractivity contribution in [3.63, 3.8) is 0 Å². The molecule has 0 saturated heterocycles. The Labute approximate surface area is 80.7 Å². The third-order valence-electron chi connectivity index (χ3n) is 1.39. The molecule has 1 rings (SSSR count). The molecule has 0 amide bonds. The highest BCUT2D eigenvalue weighted by atomic mass is 32.2. The lowest BCUT2D eigenvalue weighted by molar-refractivity contribution is 0.0841. The zero-order valence-electron chi connectivity index (χ0n) is 7.67. The van der Waals surface area contributed by atoms with Gasteiger partial charge in [-0.3, -0.25) is 4.79 Å². The number of rotatable bonds is 4. The van der Waals surface area contributed by atoms with Crippen LogP contribution in [0.2, 0.25) is 0 Å². The second-order valence-electron chi connectivity index (χ2n) is 2.58. The van der Waals surface area contributed by atoms with E-state index in [-0.39, 0.29) is 12.3 Å². The van der Waals surface area contributed by atoms with E-state index in [0.29, 0.717) is 4.09 Å². The van der Waals surface area contributed by atoms with Gasteiger partial charge < -0.3 is 4.74 Å². The van der Waals surface area contributed by atoms with E-state index in [1.165, 1.54) is 7.11 Å². The minimum absolute atomic E-state index is 0.102. The fraction of sp³-hybridized carbons (Fsp3) is 0.500. The smallest absolute Gasteiger partial charge is 0.252 e. The van der Waals surface area contributed by atoms with Gasteiger partial charge in [-0.05, 0) is 0 Å². The highest BCUT2D eigenvalue weighted by Crippen LogP contribution is 2.01. The molecule has 1 aromatic rings. The van der Waals surface area contributed by atoms with Gasteiger partial charge in [0.1, 0.15) is 12.3 Å². The maximum Gasteiger partial charge on any atom is 0.252 e. The number of carbonyl (C=O) groups is 1. The van der Waals surface area contributed by atoms with Crippen molar-refractivity contribution in [2.75, 3.05) is 20.0 Å². The first-order valence-corrected chi connectivity index (χ1v) is 5.45. The first-order chi connectivity index (χ1) is 6.46. The predicted molar refractivity (Wildman–Crippen MR) is 46.5 cm³/mol. The van der Waals surface area contributed by atoms with Gasteiger partial charge in [0.25, 0.3) is 10.0 Å². The summed E-state index contributed by atoms with van der Waals surface area (Å²) < 4.78 is 27.3. The molecular formula is C6H9N3O4S. The Morgan fingerprint density at radius 2 is 2.29 bits per heavy atom. The number of hydrogen-bond donors (Lipinski definition) is 0. The van der Waals surface area contributed by atoms with E-state index in [2.05, 4.69) is 15.0 Å². The summed E-state index contributed by atoms with van der Waals surface area (Å²) >= 11 is 0. The lowest BCUT2D eigenvalue weighted by Gasteiger charge is -2.01. The Balaban J connectivity index is 3.12. The van der Waals surface area contributed by atoms with Crippen molar-refractivity contribution in [3.05, 3.63) is 11.9 Å². The molecule has 1 heterocycles. The minimum Gasteiger partial charge on any atom is -0.376 e. The molecule has 0 N–H and O–H groups in total. The maximum atomic E-state index is 11.3. The van der Waals surface area contributed by atoms with Gasteiger partial charge in [0.15, 0.2) is 0 Å². The Kier molecular flexibility index (Phi) is 2.96. The summed E-state index contributed by atoms with van der Waals surface area (Å²) in [5.41, 5.74) is -0.102. The first-order valence-electron chi connectivity index (χ1n) is 3.60. The SMILES string of the molecule is COCC(=O)c1cnnn1S(C)(=O)=O. The molecule has 0 aliphatic carbocycles. The minimum atomic E-state index is -3.59. The van der Waals surface area contributed by atoms with Gasteiger partial charge in [-0.15, -0.1) is 9.19 Å². The second-order valence-corrected chi connectivity index (χ2v) is 4.39. The molecule has 1 aromatic heterocycles. The largest absolute Gasteiger partial charge is 0.376 e. The summed E-state index contributed by atoms with van der Waals surface area (Å²) in [5, 5.41) is 6.64. The van der Waals surface area contributed by atoms with Crippen molar-refractivity contribution >= 4 is 15.8 Å². The Hall–Kier alpha value is -1.28. The maximum absolute atomic E-state index is 11.3. The molecule has 0 aliphatic heterocycles. The van der Waals surface area contributed by atoms with Crippen molar-refractivity contribution in [1.29, 1.82) is 0 Å². The van der Waals surface area contributed by atoms with Gasteiger partial charge in [-0.1, -0.05) is 5.21 Å². The van der Waals surface area contributed by atoms with E-state index in [1.807, 2.05) is 0 Å². The average Bonchev–Trinajstić information content (AvgIpc) is 2.50. The normalized spacial score (nSPS) is 11.6. The summed E-state index contributed by atoms with van der Waals surface area (Å²) in [6.45, 7) is -0.205. The average molecular weight is 219 g/mol. The van der Waals surface area contributed by atoms with Gasteiger partial charge in [-0.25, -0.2) is 8.42 Å². The van der Waals surface area contributed by atoms with Crippen LogP contribution in [0.15, 0.2) is 6.20 Å². The molecule has 14 heavy (non-hydrogen) atoms. The van der Waals surface area contributed by atoms with Crippen LogP contribution < -0.4 is 0 Å². The van der Waals surface area contributed by atoms with Crippen LogP contribution in [-0.2, 0) is 14.8 Å². The van der Waals surface area contributed by atoms with E-state index in [4.69, 9.17) is 0 Å². The molecular weight excluding hydrogens is 210 g/mol. The van der Waals surface area contributed by atoms with Crippen LogP contribution in [0.25, 0.3) is 0 Å². The summed E-state index contributed by atoms with van der Waals surface area (Å²) in [7, 11) is -2.25. The van der Waals surface area contributed by atoms with Crippen LogP contribution in [0.4, 0.5) is 0 Å². The monoisotopic (exact) mass is 219 g/mol. The van der Waals surface area contributed by atoms with E-state index in [1.54, 1.807) is 0 Å². The molecule has 0 unspecified atom stereocenters. The zero-order valence-corrected chi connectivity index (χ0v) is 8.48. The second kappa shape index (κ2) is 3.84. The fourth-order valence-corrected chi connectivity index (χ4v) is 1.53. The van der Waals surface area contributed by atoms with Crippen LogP contribution in [0.3, 0.4) is 0 Å². The highest BCUT2D eigenvalue weighted by Gasteiger charge is 2.18. The lowest BCUT2D eigenvalue weighted by atomic mass is 10.3. The number of hydrogen-bond acceptors (Lipinski definition) is 6. The predicted octanol–water partition coefficient (Wildman–Crippen LogP) is -1.09. The number of ether oxygens (including phenoxy) is 1. The van der Waals surface area contributed by atoms with Crippen molar-refractivity contribution in [2.24, 2.45) is 0 Å². The molecule has 0 spiro atoms. The molecule has 0 atom stereocenters. The number of aromatic nitrogens is 3. The van der Waals surface area contributed by atoms with E-state index in [9.17, 15) is 13.2 Å². The van der Waals surface area contributed by atoms with Crippen LogP contribution in [0.1, 0.15) is 10.5 Å². The first kappa shape index (κ1) is 10.8. The summed E-state index contributed by atoms with van der Waals surface area (Å²) in [6, 6.07) is 0. The van der Waals surface area contributed by atoms with Crippen molar-refractivity contribution < 1.29 is 17.9 Å². The van der Waals surface area contributed by atoms with Crippen LogP contribution in [-0.4, -0.2) is 48.6 Å². The van der Waals surface area contributed by atoms with Gasteiger partial charge in [-0.2, -0.15) is 0 Å². The molecule has 7 nitrogen and oxygen atoms in total. The number of nitrogens with zero attached hydrogens (tertiary/aromatic N) is 3. The zero-order chi connectivity index (χ0) is 10.8. The van der Waals surface area contributed by atoms with Crippen molar-refractivity contribution in [1.82, 2.24) is 14.4 Å². The molecule has 0 bridgehead atoms. The van der Waals surface area contributed by atoms with Crippen LogP contribution in [0, 0.1) is 0 Å². The van der Waals surface area contributed by atoms with Crippen LogP contribution in [0.5, 0.6) is 0 Å². The molecule has 0 fully saturated rings. The third kappa shape index (κ3) is 2.15. The van der Waals surface area contributed by atoms with Gasteiger partial charge in [0, 0.05) is 7.11 Å². The summed E-state index contributed by atoms with van der Waals surface area (Å²) in [5.74, 6) is -0.483. The molecule has 0 aliphatic rings. The highest BCUT2D eigenvalue weighted by molar-refractivity contribution is 7.89. The van der Waals surface area contributed by atoms with Crippen molar-refractivity contribution in [3.8, 4) is 0 Å². The topological polar surface area (TPSA) is 91.2 Å². The number of Topliss-reactive ketones (excluding diaryl/α,β-unsaturated/α-hetero) is 1. The number of methoxy groups -OCH3 is 1. The lowest BCUT2D eigenvalue weighted by Crippen LogP contribution is -2.20. The summed E-state index contributed by atoms with van der Waals surface area (Å²) in [4.78, 5) is 11.3. The van der Waals surface area contributed by atoms with Gasteiger partial charge in [0.05, 0.1) is 12.5 Å². The van der Waals surface area contributed by atoms with Gasteiger partial charge >= 0.3 is 0 Å². The quantitative estimate of drug-likeness (QED) is 0.598. The van der Waals surface area contributed by atoms with Crippen molar-refractivity contribution in [2.45, 2.75) is 0 Å². The summed E-state index contributed by atoms with van der Waals surface area (Å²) in [6.07, 6.45) is 2.02. The molecule has 0 aromatic carbocycles.